The number of thioether (sulfide) groups is 1. The van der Waals surface area contributed by atoms with Crippen LogP contribution in [0.3, 0.4) is 0 Å². The molecule has 0 aliphatic carbocycles. The molecule has 0 aliphatic heterocycles. The first-order valence-corrected chi connectivity index (χ1v) is 8.72. The van der Waals surface area contributed by atoms with Crippen molar-refractivity contribution in [3.63, 3.8) is 0 Å². The van der Waals surface area contributed by atoms with Gasteiger partial charge in [-0.15, -0.1) is 10.2 Å². The van der Waals surface area contributed by atoms with E-state index < -0.39 is 0 Å². The van der Waals surface area contributed by atoms with Crippen LogP contribution < -0.4 is 5.32 Å². The molecule has 1 aromatic carbocycles. The normalized spacial score (nSPS) is 12.2. The second-order valence-corrected chi connectivity index (χ2v) is 7.04. The maximum atomic E-state index is 12.4. The van der Waals surface area contributed by atoms with Crippen molar-refractivity contribution in [2.45, 2.75) is 38.1 Å². The Morgan fingerprint density at radius 1 is 1.24 bits per heavy atom. The van der Waals surface area contributed by atoms with E-state index in [-0.39, 0.29) is 11.2 Å². The van der Waals surface area contributed by atoms with E-state index in [2.05, 4.69) is 20.7 Å². The molecule has 0 fully saturated rings. The zero-order valence-electron chi connectivity index (χ0n) is 14.5. The summed E-state index contributed by atoms with van der Waals surface area (Å²) < 4.78 is 6.98. The van der Waals surface area contributed by atoms with Crippen molar-refractivity contribution >= 4 is 23.6 Å². The molecular weight excluding hydrogens is 338 g/mol. The Kier molecular flexibility index (Phi) is 4.89. The number of aryl methyl sites for hydroxylation is 3. The van der Waals surface area contributed by atoms with E-state index in [0.717, 1.165) is 17.1 Å². The van der Waals surface area contributed by atoms with Gasteiger partial charge < -0.3 is 4.52 Å². The van der Waals surface area contributed by atoms with E-state index in [1.807, 2.05) is 49.6 Å². The molecule has 2 heterocycles. The lowest BCUT2D eigenvalue weighted by Crippen LogP contribution is -2.22. The number of carbonyl (C=O) groups is 1. The highest BCUT2D eigenvalue weighted by molar-refractivity contribution is 8.00. The Bertz CT molecular complexity index is 902. The largest absolute Gasteiger partial charge is 0.338 e. The molecule has 0 spiro atoms. The molecule has 25 heavy (non-hydrogen) atoms. The monoisotopic (exact) mass is 357 g/mol. The molecule has 2 aromatic heterocycles. The number of benzene rings is 1. The van der Waals surface area contributed by atoms with E-state index >= 15 is 0 Å². The standard InChI is InChI=1S/C17H19N5O2S/c1-10-7-5-6-8-14(10)22-13(4)19-20-17(22)25-12(3)16(23)18-15-9-11(2)21-24-15/h5-9,12H,1-4H3,(H,18,23)/t12-/m0/s1. The van der Waals surface area contributed by atoms with Crippen LogP contribution in [0, 0.1) is 20.8 Å². The lowest BCUT2D eigenvalue weighted by atomic mass is 10.2. The SMILES string of the molecule is Cc1cc(NC(=O)[C@H](C)Sc2nnc(C)n2-c2ccccc2C)on1. The van der Waals surface area contributed by atoms with Gasteiger partial charge in [0.25, 0.3) is 0 Å². The van der Waals surface area contributed by atoms with Gasteiger partial charge >= 0.3 is 0 Å². The van der Waals surface area contributed by atoms with Gasteiger partial charge in [0, 0.05) is 6.07 Å². The minimum atomic E-state index is -0.378. The van der Waals surface area contributed by atoms with Crippen molar-refractivity contribution in [2.24, 2.45) is 0 Å². The molecular formula is C17H19N5O2S. The van der Waals surface area contributed by atoms with Gasteiger partial charge in [0.1, 0.15) is 5.82 Å². The van der Waals surface area contributed by atoms with Crippen LogP contribution in [-0.4, -0.2) is 31.1 Å². The molecule has 0 unspecified atom stereocenters. The van der Waals surface area contributed by atoms with Crippen LogP contribution in [0.2, 0.25) is 0 Å². The summed E-state index contributed by atoms with van der Waals surface area (Å²) in [7, 11) is 0. The lowest BCUT2D eigenvalue weighted by Gasteiger charge is -2.13. The van der Waals surface area contributed by atoms with Crippen molar-refractivity contribution in [1.82, 2.24) is 19.9 Å². The highest BCUT2D eigenvalue weighted by Crippen LogP contribution is 2.27. The van der Waals surface area contributed by atoms with Crippen LogP contribution in [0.25, 0.3) is 5.69 Å². The first-order valence-electron chi connectivity index (χ1n) is 7.84. The molecule has 1 amide bonds. The van der Waals surface area contributed by atoms with Gasteiger partial charge in [0.2, 0.25) is 11.8 Å². The summed E-state index contributed by atoms with van der Waals surface area (Å²) in [5.41, 5.74) is 2.83. The molecule has 0 bridgehead atoms. The first-order chi connectivity index (χ1) is 12.0. The number of carbonyl (C=O) groups excluding carboxylic acids is 1. The maximum Gasteiger partial charge on any atom is 0.240 e. The van der Waals surface area contributed by atoms with E-state index in [9.17, 15) is 4.79 Å². The first kappa shape index (κ1) is 17.2. The fourth-order valence-corrected chi connectivity index (χ4v) is 3.27. The van der Waals surface area contributed by atoms with Crippen molar-refractivity contribution < 1.29 is 9.32 Å². The smallest absolute Gasteiger partial charge is 0.240 e. The molecule has 1 N–H and O–H groups in total. The Balaban J connectivity index is 1.79. The van der Waals surface area contributed by atoms with Crippen LogP contribution >= 0.6 is 11.8 Å². The third kappa shape index (κ3) is 3.74. The third-order valence-corrected chi connectivity index (χ3v) is 4.72. The number of rotatable bonds is 5. The van der Waals surface area contributed by atoms with Crippen molar-refractivity contribution in [3.05, 3.63) is 47.4 Å². The fourth-order valence-electron chi connectivity index (χ4n) is 2.37. The Hall–Kier alpha value is -2.61. The predicted molar refractivity (Wildman–Crippen MR) is 96.0 cm³/mol. The number of para-hydroxylation sites is 1. The fraction of sp³-hybridized carbons (Fsp3) is 0.294. The number of amides is 1. The van der Waals surface area contributed by atoms with E-state index in [4.69, 9.17) is 4.52 Å². The molecule has 0 saturated heterocycles. The Morgan fingerprint density at radius 3 is 2.68 bits per heavy atom. The van der Waals surface area contributed by atoms with Gasteiger partial charge in [-0.1, -0.05) is 35.1 Å². The van der Waals surface area contributed by atoms with Crippen LogP contribution in [0.4, 0.5) is 5.88 Å². The highest BCUT2D eigenvalue weighted by atomic mass is 32.2. The Morgan fingerprint density at radius 2 is 2.00 bits per heavy atom. The highest BCUT2D eigenvalue weighted by Gasteiger charge is 2.21. The van der Waals surface area contributed by atoms with Gasteiger partial charge in [-0.2, -0.15) is 0 Å². The van der Waals surface area contributed by atoms with Gasteiger partial charge in [-0.3, -0.25) is 14.7 Å². The van der Waals surface area contributed by atoms with Crippen LogP contribution in [-0.2, 0) is 4.79 Å². The van der Waals surface area contributed by atoms with Gasteiger partial charge in [-0.25, -0.2) is 0 Å². The zero-order valence-corrected chi connectivity index (χ0v) is 15.3. The minimum absolute atomic E-state index is 0.182. The quantitative estimate of drug-likeness (QED) is 0.705. The lowest BCUT2D eigenvalue weighted by molar-refractivity contribution is -0.115. The average Bonchev–Trinajstić information content (AvgIpc) is 3.14. The van der Waals surface area contributed by atoms with Crippen LogP contribution in [0.15, 0.2) is 40.0 Å². The van der Waals surface area contributed by atoms with Gasteiger partial charge in [0.05, 0.1) is 16.6 Å². The van der Waals surface area contributed by atoms with E-state index in [1.54, 1.807) is 13.0 Å². The number of nitrogens with one attached hydrogen (secondary N) is 1. The van der Waals surface area contributed by atoms with Crippen molar-refractivity contribution in [2.75, 3.05) is 5.32 Å². The second-order valence-electron chi connectivity index (χ2n) is 5.73. The van der Waals surface area contributed by atoms with Crippen molar-refractivity contribution in [3.8, 4) is 5.69 Å². The third-order valence-electron chi connectivity index (χ3n) is 3.68. The van der Waals surface area contributed by atoms with E-state index in [0.29, 0.717) is 16.7 Å². The Labute approximate surface area is 149 Å². The maximum absolute atomic E-state index is 12.4. The molecule has 3 rings (SSSR count). The summed E-state index contributed by atoms with van der Waals surface area (Å²) >= 11 is 1.34. The average molecular weight is 357 g/mol. The number of aromatic nitrogens is 4. The number of anilines is 1. The predicted octanol–water partition coefficient (Wildman–Crippen LogP) is 3.30. The molecule has 3 aromatic rings. The topological polar surface area (TPSA) is 85.8 Å². The van der Waals surface area contributed by atoms with Gasteiger partial charge in [-0.05, 0) is 39.3 Å². The van der Waals surface area contributed by atoms with E-state index in [1.165, 1.54) is 11.8 Å². The number of nitrogens with zero attached hydrogens (tertiary/aromatic N) is 4. The summed E-state index contributed by atoms with van der Waals surface area (Å²) in [5.74, 6) is 0.930. The molecule has 0 saturated carbocycles. The minimum Gasteiger partial charge on any atom is -0.338 e. The molecule has 0 aliphatic rings. The van der Waals surface area contributed by atoms with Crippen LogP contribution in [0.5, 0.6) is 0 Å². The molecule has 1 atom stereocenters. The summed E-state index contributed by atoms with van der Waals surface area (Å²) in [6, 6.07) is 9.68. The number of hydrogen-bond donors (Lipinski definition) is 1. The van der Waals surface area contributed by atoms with Gasteiger partial charge in [0.15, 0.2) is 5.16 Å². The van der Waals surface area contributed by atoms with Crippen molar-refractivity contribution in [1.29, 1.82) is 0 Å². The summed E-state index contributed by atoms with van der Waals surface area (Å²) in [4.78, 5) is 12.4. The molecule has 0 radical (unpaired) electrons. The summed E-state index contributed by atoms with van der Waals surface area (Å²) in [5, 5.41) is 15.2. The summed E-state index contributed by atoms with van der Waals surface area (Å²) in [6.07, 6.45) is 0. The molecule has 130 valence electrons. The second kappa shape index (κ2) is 7.10. The summed E-state index contributed by atoms with van der Waals surface area (Å²) in [6.45, 7) is 7.54. The molecule has 7 nitrogen and oxygen atoms in total. The molecule has 8 heteroatoms. The van der Waals surface area contributed by atoms with Crippen LogP contribution in [0.1, 0.15) is 24.0 Å². The zero-order chi connectivity index (χ0) is 18.0. The number of hydrogen-bond acceptors (Lipinski definition) is 6.